The fraction of sp³-hybridized carbons (Fsp3) is 0.342. The van der Waals surface area contributed by atoms with Crippen molar-refractivity contribution in [1.29, 1.82) is 0 Å². The highest BCUT2D eigenvalue weighted by Crippen LogP contribution is 2.77. The minimum atomic E-state index is -0.382. The maximum absolute atomic E-state index is 13.4. The molecule has 44 heavy (non-hydrogen) atoms. The number of hydrogen-bond acceptors (Lipinski definition) is 5. The fourth-order valence-electron chi connectivity index (χ4n) is 9.27. The topological polar surface area (TPSA) is 82.3 Å². The summed E-state index contributed by atoms with van der Waals surface area (Å²) < 4.78 is 0. The van der Waals surface area contributed by atoms with Crippen LogP contribution in [0.25, 0.3) is 0 Å². The molecule has 0 saturated heterocycles. The lowest BCUT2D eigenvalue weighted by atomic mass is 9.40. The number of nitrogens with one attached hydrogen (secondary N) is 1. The maximum atomic E-state index is 13.4. The van der Waals surface area contributed by atoms with Crippen LogP contribution in [0, 0.1) is 6.92 Å². The van der Waals surface area contributed by atoms with Crippen LogP contribution in [0.2, 0.25) is 0 Å². The summed E-state index contributed by atoms with van der Waals surface area (Å²) in [5, 5.41) is 0. The molecule has 4 atom stereocenters. The second-order valence-electron chi connectivity index (χ2n) is 12.7. The summed E-state index contributed by atoms with van der Waals surface area (Å²) in [6, 6.07) is 15.0. The molecule has 1 N–H and O–H groups in total. The van der Waals surface area contributed by atoms with E-state index in [2.05, 4.69) is 46.5 Å². The molecular weight excluding hydrogens is 542 g/mol. The molecule has 220 valence electrons. The molecule has 6 nitrogen and oxygen atoms in total. The Morgan fingerprint density at radius 3 is 1.91 bits per heavy atom. The lowest BCUT2D eigenvalue weighted by Gasteiger charge is -2.66. The molecule has 1 fully saturated rings. The smallest absolute Gasteiger partial charge is 0.193 e. The van der Waals surface area contributed by atoms with Crippen LogP contribution in [-0.4, -0.2) is 45.7 Å². The Labute approximate surface area is 258 Å². The Hall–Kier alpha value is -4.45. The van der Waals surface area contributed by atoms with Gasteiger partial charge in [-0.15, -0.1) is 0 Å². The van der Waals surface area contributed by atoms with Gasteiger partial charge in [0.15, 0.2) is 5.78 Å². The van der Waals surface area contributed by atoms with Crippen LogP contribution in [0.1, 0.15) is 97.7 Å². The third-order valence-electron chi connectivity index (χ3n) is 11.0. The molecule has 10 rings (SSSR count). The quantitative estimate of drug-likeness (QED) is 0.303. The zero-order chi connectivity index (χ0) is 30.5. The molecule has 0 amide bonds. The first-order valence-electron chi connectivity index (χ1n) is 16.0. The van der Waals surface area contributed by atoms with Crippen molar-refractivity contribution in [2.75, 3.05) is 0 Å². The number of H-pyrrole nitrogens is 1. The maximum Gasteiger partial charge on any atom is 0.193 e. The van der Waals surface area contributed by atoms with Crippen molar-refractivity contribution in [2.45, 2.75) is 83.7 Å². The van der Waals surface area contributed by atoms with Crippen molar-refractivity contribution in [3.05, 3.63) is 104 Å². The van der Waals surface area contributed by atoms with Crippen LogP contribution in [0.5, 0.6) is 0 Å². The lowest BCUT2D eigenvalue weighted by Crippen LogP contribution is -2.71. The van der Waals surface area contributed by atoms with Crippen LogP contribution >= 0.6 is 0 Å². The third-order valence-corrected chi connectivity index (χ3v) is 11.0. The van der Waals surface area contributed by atoms with Crippen molar-refractivity contribution in [1.82, 2.24) is 4.98 Å². The van der Waals surface area contributed by atoms with E-state index in [9.17, 15) is 4.79 Å². The molecule has 3 aromatic rings. The standard InChI is InChI=1S/C38H37N5O/c1-7-25-20(4)32-35-37-26(8-2)21(5)30(42-37)18-39-28-16-15-24(34(44)23-13-11-10-12-14-23)17-29(28)40-19-31-22(6)27(9-3)38(35,43-31)36(37)33(25)41-32/h10-19,35-36,41H,7-9H2,1-6H3. The highest BCUT2D eigenvalue weighted by molar-refractivity contribution is 6.41. The number of carbonyl (C=O) groups is 1. The molecule has 7 aliphatic rings. The number of ketones is 1. The zero-order valence-corrected chi connectivity index (χ0v) is 26.2. The Morgan fingerprint density at radius 1 is 0.727 bits per heavy atom. The first kappa shape index (κ1) is 27.1. The number of hydrogen-bond donors (Lipinski definition) is 1. The van der Waals surface area contributed by atoms with E-state index in [1.54, 1.807) is 0 Å². The normalized spacial score (nSPS) is 27.3. The Bertz CT molecular complexity index is 1980. The summed E-state index contributed by atoms with van der Waals surface area (Å²) in [7, 11) is 0. The van der Waals surface area contributed by atoms with Crippen LogP contribution in [0.15, 0.2) is 90.8 Å². The summed E-state index contributed by atoms with van der Waals surface area (Å²) >= 11 is 0. The number of benzene rings is 2. The van der Waals surface area contributed by atoms with Crippen LogP contribution in [-0.2, 0) is 6.42 Å². The van der Waals surface area contributed by atoms with Crippen LogP contribution < -0.4 is 0 Å². The van der Waals surface area contributed by atoms with Crippen molar-refractivity contribution < 1.29 is 4.79 Å². The van der Waals surface area contributed by atoms with E-state index in [1.165, 1.54) is 44.8 Å². The van der Waals surface area contributed by atoms with Gasteiger partial charge in [0.2, 0.25) is 0 Å². The number of carbonyl (C=O) groups excluding carboxylic acids is 1. The monoisotopic (exact) mass is 579 g/mol. The Kier molecular flexibility index (Phi) is 5.72. The van der Waals surface area contributed by atoms with Gasteiger partial charge in [0, 0.05) is 22.5 Å². The third kappa shape index (κ3) is 3.13. The molecular formula is C38H37N5O. The van der Waals surface area contributed by atoms with Gasteiger partial charge in [-0.1, -0.05) is 51.1 Å². The van der Waals surface area contributed by atoms with Gasteiger partial charge in [0.1, 0.15) is 11.1 Å². The molecule has 0 radical (unpaired) electrons. The summed E-state index contributed by atoms with van der Waals surface area (Å²) in [4.78, 5) is 38.6. The van der Waals surface area contributed by atoms with Gasteiger partial charge < -0.3 is 4.98 Å². The molecule has 8 bridgehead atoms. The molecule has 1 aromatic heterocycles. The highest BCUT2D eigenvalue weighted by atomic mass is 16.1. The number of aromatic nitrogens is 1. The van der Waals surface area contributed by atoms with E-state index in [1.807, 2.05) is 61.0 Å². The molecule has 2 aromatic carbocycles. The molecule has 4 unspecified atom stereocenters. The molecule has 7 heterocycles. The van der Waals surface area contributed by atoms with Crippen molar-refractivity contribution in [2.24, 2.45) is 20.0 Å². The zero-order valence-electron chi connectivity index (χ0n) is 26.2. The average molecular weight is 580 g/mol. The number of aromatic amines is 1. The van der Waals surface area contributed by atoms with E-state index < -0.39 is 0 Å². The fourth-order valence-corrected chi connectivity index (χ4v) is 9.27. The van der Waals surface area contributed by atoms with Crippen molar-refractivity contribution >= 4 is 41.0 Å². The largest absolute Gasteiger partial charge is 0.361 e. The SMILES string of the molecule is CCC1=C(C)C2=NC13C1c4[nH]c(c(CC)c4C)C3C13N=C(C=Nc1cc(C(=O)c4ccccc4)ccc1N=C2)C(C)=C3CC. The number of allylic oxidation sites excluding steroid dienone is 2. The van der Waals surface area contributed by atoms with E-state index in [4.69, 9.17) is 20.0 Å². The summed E-state index contributed by atoms with van der Waals surface area (Å²) in [6.07, 6.45) is 6.66. The van der Waals surface area contributed by atoms with Crippen LogP contribution in [0.3, 0.4) is 0 Å². The first-order valence-corrected chi connectivity index (χ1v) is 16.0. The highest BCUT2D eigenvalue weighted by Gasteiger charge is 2.79. The van der Waals surface area contributed by atoms with Gasteiger partial charge in [0.25, 0.3) is 0 Å². The number of rotatable bonds is 5. The predicted molar refractivity (Wildman–Crippen MR) is 179 cm³/mol. The van der Waals surface area contributed by atoms with E-state index in [0.29, 0.717) is 22.5 Å². The number of aliphatic imine (C=N–C) groups is 4. The summed E-state index contributed by atoms with van der Waals surface area (Å²) in [5.74, 6) is 0.157. The lowest BCUT2D eigenvalue weighted by molar-refractivity contribution is 0.0681. The minimum Gasteiger partial charge on any atom is -0.361 e. The summed E-state index contributed by atoms with van der Waals surface area (Å²) in [5.41, 5.74) is 14.3. The van der Waals surface area contributed by atoms with Gasteiger partial charge in [-0.05, 0) is 91.7 Å². The molecule has 1 aliphatic carbocycles. The summed E-state index contributed by atoms with van der Waals surface area (Å²) in [6.45, 7) is 13.5. The van der Waals surface area contributed by atoms with E-state index in [0.717, 1.165) is 30.7 Å². The van der Waals surface area contributed by atoms with Crippen molar-refractivity contribution in [3.63, 3.8) is 0 Å². The second kappa shape index (κ2) is 9.28. The molecule has 6 heteroatoms. The van der Waals surface area contributed by atoms with Crippen LogP contribution in [0.4, 0.5) is 11.4 Å². The van der Waals surface area contributed by atoms with Crippen molar-refractivity contribution in [3.8, 4) is 0 Å². The molecule has 1 saturated carbocycles. The van der Waals surface area contributed by atoms with Gasteiger partial charge in [-0.3, -0.25) is 24.8 Å². The minimum absolute atomic E-state index is 0.0363. The van der Waals surface area contributed by atoms with E-state index in [-0.39, 0.29) is 28.7 Å². The second-order valence-corrected chi connectivity index (χ2v) is 12.7. The van der Waals surface area contributed by atoms with Gasteiger partial charge >= 0.3 is 0 Å². The predicted octanol–water partition coefficient (Wildman–Crippen LogP) is 8.27. The van der Waals surface area contributed by atoms with Gasteiger partial charge in [-0.2, -0.15) is 0 Å². The molecule has 2 spiro atoms. The Morgan fingerprint density at radius 2 is 1.32 bits per heavy atom. The van der Waals surface area contributed by atoms with E-state index >= 15 is 0 Å². The number of nitrogens with zero attached hydrogens (tertiary/aromatic N) is 4. The average Bonchev–Trinajstić information content (AvgIpc) is 3.58. The first-order chi connectivity index (χ1) is 21.3. The molecule has 6 aliphatic heterocycles. The van der Waals surface area contributed by atoms with Gasteiger partial charge in [-0.25, -0.2) is 0 Å². The Balaban J connectivity index is 1.37. The van der Waals surface area contributed by atoms with Gasteiger partial charge in [0.05, 0.1) is 47.1 Å².